The summed E-state index contributed by atoms with van der Waals surface area (Å²) in [5.41, 5.74) is 1.16. The SMILES string of the molecule is COc1cccc(CNS(=O)(=O)c2ccc3c(c2)NC(=O)C(C(=O)N2CCCCCC2)S3)c1. The van der Waals surface area contributed by atoms with Crippen molar-refractivity contribution in [3.8, 4) is 5.75 Å². The Hall–Kier alpha value is -2.56. The molecule has 176 valence electrons. The van der Waals surface area contributed by atoms with Gasteiger partial charge in [-0.1, -0.05) is 25.0 Å². The maximum absolute atomic E-state index is 12.9. The van der Waals surface area contributed by atoms with E-state index in [1.807, 2.05) is 0 Å². The van der Waals surface area contributed by atoms with E-state index in [9.17, 15) is 18.0 Å². The Bertz CT molecular complexity index is 1140. The molecule has 0 bridgehead atoms. The van der Waals surface area contributed by atoms with Crippen LogP contribution < -0.4 is 14.8 Å². The summed E-state index contributed by atoms with van der Waals surface area (Å²) in [5, 5.41) is 1.87. The van der Waals surface area contributed by atoms with Crippen molar-refractivity contribution < 1.29 is 22.7 Å². The van der Waals surface area contributed by atoms with E-state index in [0.29, 0.717) is 29.4 Å². The molecule has 2 N–H and O–H groups in total. The summed E-state index contributed by atoms with van der Waals surface area (Å²) < 4.78 is 33.4. The molecule has 4 rings (SSSR count). The summed E-state index contributed by atoms with van der Waals surface area (Å²) in [4.78, 5) is 28.1. The minimum absolute atomic E-state index is 0.0438. The normalized spacial score (nSPS) is 18.8. The van der Waals surface area contributed by atoms with Gasteiger partial charge in [0.05, 0.1) is 17.7 Å². The zero-order chi connectivity index (χ0) is 23.4. The van der Waals surface area contributed by atoms with Crippen LogP contribution >= 0.6 is 11.8 Å². The standard InChI is InChI=1S/C23H27N3O5S2/c1-31-17-8-6-7-16(13-17)15-24-33(29,30)18-9-10-20-19(14-18)25-22(27)21(32-20)23(28)26-11-4-2-3-5-12-26/h6-10,13-14,21,24H,2-5,11-12,15H2,1H3,(H,25,27). The molecule has 1 atom stereocenters. The van der Waals surface area contributed by atoms with Gasteiger partial charge in [-0.05, 0) is 48.7 Å². The molecule has 2 aliphatic heterocycles. The molecule has 1 unspecified atom stereocenters. The van der Waals surface area contributed by atoms with Gasteiger partial charge in [0.2, 0.25) is 21.8 Å². The fourth-order valence-electron chi connectivity index (χ4n) is 3.92. The van der Waals surface area contributed by atoms with Gasteiger partial charge in [-0.3, -0.25) is 9.59 Å². The predicted molar refractivity (Wildman–Crippen MR) is 127 cm³/mol. The van der Waals surface area contributed by atoms with E-state index in [4.69, 9.17) is 4.74 Å². The summed E-state index contributed by atoms with van der Waals surface area (Å²) in [6, 6.07) is 11.7. The Morgan fingerprint density at radius 2 is 1.91 bits per heavy atom. The van der Waals surface area contributed by atoms with Gasteiger partial charge in [0, 0.05) is 24.5 Å². The summed E-state index contributed by atoms with van der Waals surface area (Å²) in [7, 11) is -2.26. The Morgan fingerprint density at radius 3 is 2.64 bits per heavy atom. The Kier molecular flexibility index (Phi) is 7.26. The van der Waals surface area contributed by atoms with Crippen molar-refractivity contribution >= 4 is 39.3 Å². The molecule has 1 fully saturated rings. The number of hydrogen-bond acceptors (Lipinski definition) is 6. The second-order valence-electron chi connectivity index (χ2n) is 8.06. The molecule has 2 heterocycles. The van der Waals surface area contributed by atoms with Crippen LogP contribution in [-0.2, 0) is 26.2 Å². The minimum Gasteiger partial charge on any atom is -0.497 e. The van der Waals surface area contributed by atoms with Crippen molar-refractivity contribution in [2.24, 2.45) is 0 Å². The van der Waals surface area contributed by atoms with Crippen LogP contribution in [0, 0.1) is 0 Å². The Balaban J connectivity index is 1.46. The van der Waals surface area contributed by atoms with Gasteiger partial charge < -0.3 is 15.0 Å². The molecule has 33 heavy (non-hydrogen) atoms. The van der Waals surface area contributed by atoms with E-state index in [0.717, 1.165) is 31.2 Å². The number of hydrogen-bond donors (Lipinski definition) is 2. The molecule has 0 saturated carbocycles. The lowest BCUT2D eigenvalue weighted by atomic mass is 10.2. The van der Waals surface area contributed by atoms with Gasteiger partial charge in [-0.2, -0.15) is 0 Å². The number of carbonyl (C=O) groups is 2. The third-order valence-corrected chi connectivity index (χ3v) is 8.40. The number of benzene rings is 2. The third-order valence-electron chi connectivity index (χ3n) is 5.74. The largest absolute Gasteiger partial charge is 0.497 e. The number of rotatable bonds is 6. The molecule has 8 nitrogen and oxygen atoms in total. The van der Waals surface area contributed by atoms with Crippen molar-refractivity contribution in [1.82, 2.24) is 9.62 Å². The van der Waals surface area contributed by atoms with Gasteiger partial charge in [0.25, 0.3) is 0 Å². The lowest BCUT2D eigenvalue weighted by molar-refractivity contribution is -0.133. The van der Waals surface area contributed by atoms with Crippen molar-refractivity contribution in [2.45, 2.75) is 47.3 Å². The number of fused-ring (bicyclic) bond motifs is 1. The van der Waals surface area contributed by atoms with Crippen LogP contribution in [0.3, 0.4) is 0 Å². The van der Waals surface area contributed by atoms with Crippen LogP contribution in [-0.4, -0.2) is 50.6 Å². The fourth-order valence-corrected chi connectivity index (χ4v) is 6.02. The second-order valence-corrected chi connectivity index (χ2v) is 11.0. The predicted octanol–water partition coefficient (Wildman–Crippen LogP) is 2.99. The number of carbonyl (C=O) groups excluding carboxylic acids is 2. The molecule has 0 spiro atoms. The van der Waals surface area contributed by atoms with Crippen molar-refractivity contribution in [2.75, 3.05) is 25.5 Å². The van der Waals surface area contributed by atoms with E-state index in [1.54, 1.807) is 42.3 Å². The minimum atomic E-state index is -3.81. The number of nitrogens with one attached hydrogen (secondary N) is 2. The molecule has 0 radical (unpaired) electrons. The fraction of sp³-hybridized carbons (Fsp3) is 0.391. The highest BCUT2D eigenvalue weighted by Gasteiger charge is 2.36. The molecule has 2 aliphatic rings. The maximum Gasteiger partial charge on any atom is 0.247 e. The van der Waals surface area contributed by atoms with E-state index < -0.39 is 21.2 Å². The summed E-state index contributed by atoms with van der Waals surface area (Å²) in [6.45, 7) is 1.45. The summed E-state index contributed by atoms with van der Waals surface area (Å²) in [6.07, 6.45) is 4.09. The molecule has 2 aromatic rings. The second kappa shape index (κ2) is 10.1. The number of methoxy groups -OCH3 is 1. The van der Waals surface area contributed by atoms with Crippen LogP contribution in [0.15, 0.2) is 52.3 Å². The monoisotopic (exact) mass is 489 g/mol. The van der Waals surface area contributed by atoms with Gasteiger partial charge in [-0.25, -0.2) is 13.1 Å². The average Bonchev–Trinajstić information content (AvgIpc) is 3.11. The summed E-state index contributed by atoms with van der Waals surface area (Å²) in [5.74, 6) is 0.0480. The molecule has 2 aromatic carbocycles. The zero-order valence-electron chi connectivity index (χ0n) is 18.4. The molecule has 0 aliphatic carbocycles. The molecule has 2 amide bonds. The van der Waals surface area contributed by atoms with Crippen LogP contribution in [0.1, 0.15) is 31.2 Å². The summed E-state index contributed by atoms with van der Waals surface area (Å²) >= 11 is 1.17. The van der Waals surface area contributed by atoms with Crippen molar-refractivity contribution in [1.29, 1.82) is 0 Å². The maximum atomic E-state index is 12.9. The quantitative estimate of drug-likeness (QED) is 0.605. The molecule has 1 saturated heterocycles. The average molecular weight is 490 g/mol. The van der Waals surface area contributed by atoms with E-state index >= 15 is 0 Å². The highest BCUT2D eigenvalue weighted by Crippen LogP contribution is 2.38. The number of amides is 2. The Morgan fingerprint density at radius 1 is 1.15 bits per heavy atom. The van der Waals surface area contributed by atoms with Crippen LogP contribution in [0.5, 0.6) is 5.75 Å². The lowest BCUT2D eigenvalue weighted by Crippen LogP contribution is -2.45. The van der Waals surface area contributed by atoms with Gasteiger partial charge in [-0.15, -0.1) is 11.8 Å². The van der Waals surface area contributed by atoms with E-state index in [2.05, 4.69) is 10.0 Å². The first kappa shape index (κ1) is 23.6. The third kappa shape index (κ3) is 5.51. The molecular weight excluding hydrogens is 462 g/mol. The number of thioether (sulfide) groups is 1. The molecule has 0 aromatic heterocycles. The van der Waals surface area contributed by atoms with Crippen LogP contribution in [0.2, 0.25) is 0 Å². The number of anilines is 1. The number of ether oxygens (including phenoxy) is 1. The first-order valence-electron chi connectivity index (χ1n) is 10.9. The van der Waals surface area contributed by atoms with E-state index in [1.165, 1.54) is 23.9 Å². The highest BCUT2D eigenvalue weighted by molar-refractivity contribution is 8.01. The van der Waals surface area contributed by atoms with Crippen molar-refractivity contribution in [3.05, 3.63) is 48.0 Å². The Labute approximate surface area is 198 Å². The lowest BCUT2D eigenvalue weighted by Gasteiger charge is -2.28. The van der Waals surface area contributed by atoms with Gasteiger partial charge >= 0.3 is 0 Å². The number of nitrogens with zero attached hydrogens (tertiary/aromatic N) is 1. The van der Waals surface area contributed by atoms with Crippen molar-refractivity contribution in [3.63, 3.8) is 0 Å². The number of likely N-dealkylation sites (tertiary alicyclic amines) is 1. The molecule has 10 heteroatoms. The first-order chi connectivity index (χ1) is 15.9. The number of sulfonamides is 1. The van der Waals surface area contributed by atoms with Crippen LogP contribution in [0.25, 0.3) is 0 Å². The van der Waals surface area contributed by atoms with Crippen LogP contribution in [0.4, 0.5) is 5.69 Å². The van der Waals surface area contributed by atoms with Gasteiger partial charge in [0.1, 0.15) is 5.75 Å². The van der Waals surface area contributed by atoms with Gasteiger partial charge in [0.15, 0.2) is 5.25 Å². The first-order valence-corrected chi connectivity index (χ1v) is 13.3. The zero-order valence-corrected chi connectivity index (χ0v) is 20.0. The smallest absolute Gasteiger partial charge is 0.247 e. The molecular formula is C23H27N3O5S2. The highest BCUT2D eigenvalue weighted by atomic mass is 32.2. The topological polar surface area (TPSA) is 105 Å². The van der Waals surface area contributed by atoms with E-state index in [-0.39, 0.29) is 17.3 Å².